The zero-order valence-corrected chi connectivity index (χ0v) is 11.6. The van der Waals surface area contributed by atoms with Crippen molar-refractivity contribution in [3.63, 3.8) is 0 Å². The molecular weight excluding hydrogens is 331 g/mol. The summed E-state index contributed by atoms with van der Waals surface area (Å²) in [5, 5.41) is 0. The smallest absolute Gasteiger partial charge is 0.261 e. The van der Waals surface area contributed by atoms with Gasteiger partial charge in [0.1, 0.15) is 12.4 Å². The zero-order chi connectivity index (χ0) is 12.3. The molecule has 1 aliphatic rings. The standard InChI is InChI=1S/C12H13IN2O2/c1-9(6-13)4-10-5-11(17-7-10)12(16)15-3-2-14-8-15/h2-4,6,8,11H,5,7H2,1H3/b9-6+,10-4-. The van der Waals surface area contributed by atoms with Crippen molar-refractivity contribution < 1.29 is 9.53 Å². The lowest BCUT2D eigenvalue weighted by molar-refractivity contribution is 0.0558. The molecule has 0 spiro atoms. The molecule has 5 heteroatoms. The Morgan fingerprint density at radius 2 is 2.53 bits per heavy atom. The highest BCUT2D eigenvalue weighted by Gasteiger charge is 2.27. The molecule has 2 rings (SSSR count). The SMILES string of the molecule is CC(/C=C1\COC(C(=O)n2ccnc2)C1)=C\I. The first-order valence-corrected chi connectivity index (χ1v) is 6.55. The number of imidazole rings is 1. The molecule has 0 aliphatic carbocycles. The van der Waals surface area contributed by atoms with Crippen LogP contribution in [0.15, 0.2) is 40.0 Å². The molecule has 17 heavy (non-hydrogen) atoms. The average molecular weight is 344 g/mol. The van der Waals surface area contributed by atoms with Gasteiger partial charge in [0.25, 0.3) is 5.91 Å². The quantitative estimate of drug-likeness (QED) is 0.775. The van der Waals surface area contributed by atoms with Crippen LogP contribution in [0.2, 0.25) is 0 Å². The van der Waals surface area contributed by atoms with E-state index in [1.807, 2.05) is 11.0 Å². The molecule has 0 radical (unpaired) electrons. The van der Waals surface area contributed by atoms with Crippen LogP contribution >= 0.6 is 22.6 Å². The molecule has 0 amide bonds. The third-order valence-corrected chi connectivity index (χ3v) is 3.54. The number of ether oxygens (including phenoxy) is 1. The van der Waals surface area contributed by atoms with Gasteiger partial charge in [-0.3, -0.25) is 9.36 Å². The fourth-order valence-electron chi connectivity index (χ4n) is 1.73. The highest BCUT2D eigenvalue weighted by atomic mass is 127. The van der Waals surface area contributed by atoms with Gasteiger partial charge in [0.05, 0.1) is 6.61 Å². The van der Waals surface area contributed by atoms with Crippen LogP contribution < -0.4 is 0 Å². The van der Waals surface area contributed by atoms with E-state index in [9.17, 15) is 4.79 Å². The highest BCUT2D eigenvalue weighted by Crippen LogP contribution is 2.21. The maximum atomic E-state index is 12.0. The molecule has 1 saturated heterocycles. The van der Waals surface area contributed by atoms with Crippen LogP contribution in [-0.2, 0) is 4.74 Å². The minimum atomic E-state index is -0.377. The molecule has 1 aromatic rings. The minimum absolute atomic E-state index is 0.0537. The number of aromatic nitrogens is 2. The lowest BCUT2D eigenvalue weighted by Gasteiger charge is -2.06. The predicted molar refractivity (Wildman–Crippen MR) is 73.1 cm³/mol. The Hall–Kier alpha value is -0.950. The van der Waals surface area contributed by atoms with E-state index in [1.165, 1.54) is 16.5 Å². The summed E-state index contributed by atoms with van der Waals surface area (Å²) in [7, 11) is 0. The first kappa shape index (κ1) is 12.5. The summed E-state index contributed by atoms with van der Waals surface area (Å²) >= 11 is 2.20. The lowest BCUT2D eigenvalue weighted by Crippen LogP contribution is -2.24. The van der Waals surface area contributed by atoms with E-state index in [-0.39, 0.29) is 12.0 Å². The van der Waals surface area contributed by atoms with Gasteiger partial charge >= 0.3 is 0 Å². The number of carbonyl (C=O) groups excluding carboxylic acids is 1. The molecule has 0 aromatic carbocycles. The van der Waals surface area contributed by atoms with Gasteiger partial charge in [-0.2, -0.15) is 0 Å². The number of nitrogens with zero attached hydrogens (tertiary/aromatic N) is 2. The zero-order valence-electron chi connectivity index (χ0n) is 9.47. The fraction of sp³-hybridized carbons (Fsp3) is 0.333. The van der Waals surface area contributed by atoms with Crippen molar-refractivity contribution >= 4 is 28.5 Å². The second kappa shape index (κ2) is 5.59. The first-order chi connectivity index (χ1) is 8.20. The van der Waals surface area contributed by atoms with Crippen molar-refractivity contribution in [2.45, 2.75) is 19.4 Å². The monoisotopic (exact) mass is 344 g/mol. The number of allylic oxidation sites excluding steroid dienone is 2. The molecule has 0 N–H and O–H groups in total. The van der Waals surface area contributed by atoms with Crippen LogP contribution in [0.4, 0.5) is 0 Å². The summed E-state index contributed by atoms with van der Waals surface area (Å²) in [6.45, 7) is 2.57. The largest absolute Gasteiger partial charge is 0.364 e. The van der Waals surface area contributed by atoms with Crippen molar-refractivity contribution in [3.8, 4) is 0 Å². The van der Waals surface area contributed by atoms with Crippen molar-refractivity contribution in [3.05, 3.63) is 40.0 Å². The van der Waals surface area contributed by atoms with Gasteiger partial charge in [-0.25, -0.2) is 4.98 Å². The van der Waals surface area contributed by atoms with Gasteiger partial charge in [-0.15, -0.1) is 0 Å². The second-order valence-corrected chi connectivity index (χ2v) is 4.59. The van der Waals surface area contributed by atoms with Crippen LogP contribution in [0.1, 0.15) is 18.1 Å². The Morgan fingerprint density at radius 3 is 3.18 bits per heavy atom. The normalized spacial score (nSPS) is 23.3. The maximum Gasteiger partial charge on any atom is 0.261 e. The minimum Gasteiger partial charge on any atom is -0.364 e. The molecule has 0 saturated carbocycles. The van der Waals surface area contributed by atoms with E-state index in [0.29, 0.717) is 13.0 Å². The molecule has 90 valence electrons. The topological polar surface area (TPSA) is 44.1 Å². The molecule has 4 nitrogen and oxygen atoms in total. The van der Waals surface area contributed by atoms with Gasteiger partial charge in [0.2, 0.25) is 0 Å². The van der Waals surface area contributed by atoms with Crippen molar-refractivity contribution in [1.29, 1.82) is 0 Å². The first-order valence-electron chi connectivity index (χ1n) is 5.31. The van der Waals surface area contributed by atoms with Gasteiger partial charge in [-0.1, -0.05) is 28.7 Å². The van der Waals surface area contributed by atoms with E-state index in [0.717, 1.165) is 5.57 Å². The van der Waals surface area contributed by atoms with Crippen molar-refractivity contribution in [2.75, 3.05) is 6.61 Å². The Kier molecular flexibility index (Phi) is 4.11. The third kappa shape index (κ3) is 3.04. The van der Waals surface area contributed by atoms with Crippen LogP contribution in [0, 0.1) is 0 Å². The number of hydrogen-bond acceptors (Lipinski definition) is 3. The van der Waals surface area contributed by atoms with Crippen molar-refractivity contribution in [1.82, 2.24) is 9.55 Å². The van der Waals surface area contributed by atoms with Gasteiger partial charge in [-0.05, 0) is 22.2 Å². The molecule has 2 heterocycles. The number of halogens is 1. The Morgan fingerprint density at radius 1 is 1.71 bits per heavy atom. The summed E-state index contributed by atoms with van der Waals surface area (Å²) in [6.07, 6.45) is 7.10. The van der Waals surface area contributed by atoms with Crippen LogP contribution in [0.5, 0.6) is 0 Å². The Balaban J connectivity index is 2.03. The Labute approximate surface area is 114 Å². The fourth-order valence-corrected chi connectivity index (χ4v) is 1.91. The average Bonchev–Trinajstić information content (AvgIpc) is 2.98. The van der Waals surface area contributed by atoms with E-state index in [4.69, 9.17) is 4.74 Å². The van der Waals surface area contributed by atoms with Crippen LogP contribution in [-0.4, -0.2) is 28.2 Å². The summed E-state index contributed by atoms with van der Waals surface area (Å²) in [6, 6.07) is 0. The van der Waals surface area contributed by atoms with Crippen LogP contribution in [0.3, 0.4) is 0 Å². The highest BCUT2D eigenvalue weighted by molar-refractivity contribution is 14.1. The maximum absolute atomic E-state index is 12.0. The Bertz CT molecular complexity index is 463. The van der Waals surface area contributed by atoms with E-state index >= 15 is 0 Å². The molecule has 0 bridgehead atoms. The van der Waals surface area contributed by atoms with Gasteiger partial charge < -0.3 is 4.74 Å². The number of rotatable bonds is 2. The van der Waals surface area contributed by atoms with Crippen molar-refractivity contribution in [2.24, 2.45) is 0 Å². The number of hydrogen-bond donors (Lipinski definition) is 0. The summed E-state index contributed by atoms with van der Waals surface area (Å²) in [5.74, 6) is -0.0537. The summed E-state index contributed by atoms with van der Waals surface area (Å²) < 4.78 is 8.98. The van der Waals surface area contributed by atoms with Gasteiger partial charge in [0, 0.05) is 18.8 Å². The summed E-state index contributed by atoms with van der Waals surface area (Å²) in [5.41, 5.74) is 2.34. The molecule has 1 fully saturated rings. The molecular formula is C12H13IN2O2. The number of carbonyl (C=O) groups is 1. The second-order valence-electron chi connectivity index (χ2n) is 3.97. The summed E-state index contributed by atoms with van der Waals surface area (Å²) in [4.78, 5) is 15.8. The van der Waals surface area contributed by atoms with Gasteiger partial charge in [0.15, 0.2) is 0 Å². The third-order valence-electron chi connectivity index (χ3n) is 2.56. The lowest BCUT2D eigenvalue weighted by atomic mass is 10.1. The molecule has 1 aromatic heterocycles. The predicted octanol–water partition coefficient (Wildman–Crippen LogP) is 2.58. The molecule has 1 atom stereocenters. The van der Waals surface area contributed by atoms with E-state index in [1.54, 1.807) is 12.4 Å². The molecule has 1 aliphatic heterocycles. The molecule has 1 unspecified atom stereocenters. The van der Waals surface area contributed by atoms with Crippen LogP contribution in [0.25, 0.3) is 0 Å². The van der Waals surface area contributed by atoms with E-state index < -0.39 is 0 Å². The van der Waals surface area contributed by atoms with E-state index in [2.05, 4.69) is 33.7 Å².